The van der Waals surface area contributed by atoms with Crippen LogP contribution in [0.15, 0.2) is 24.3 Å². The zero-order valence-corrected chi connectivity index (χ0v) is 13.5. The molecule has 0 spiro atoms. The van der Waals surface area contributed by atoms with Crippen LogP contribution in [0, 0.1) is 11.8 Å². The number of hydrogen-bond donors (Lipinski definition) is 1. The number of rotatable bonds is 6. The number of hydrogen-bond acceptors (Lipinski definition) is 4. The number of amides is 1. The number of carbonyl (C=O) groups is 2. The molecule has 1 amide bonds. The van der Waals surface area contributed by atoms with Crippen molar-refractivity contribution in [1.29, 1.82) is 0 Å². The summed E-state index contributed by atoms with van der Waals surface area (Å²) in [6.07, 6.45) is 0.484. The van der Waals surface area contributed by atoms with Gasteiger partial charge in [0.1, 0.15) is 0 Å². The summed E-state index contributed by atoms with van der Waals surface area (Å²) in [7, 11) is 0. The summed E-state index contributed by atoms with van der Waals surface area (Å²) in [6.45, 7) is 5.10. The van der Waals surface area contributed by atoms with Crippen LogP contribution in [-0.4, -0.2) is 48.2 Å². The molecule has 0 saturated carbocycles. The van der Waals surface area contributed by atoms with Gasteiger partial charge in [0.25, 0.3) is 5.91 Å². The molecule has 2 rings (SSSR count). The molecule has 2 atom stereocenters. The quantitative estimate of drug-likeness (QED) is 0.867. The van der Waals surface area contributed by atoms with Gasteiger partial charge in [-0.3, -0.25) is 9.59 Å². The molecule has 1 aromatic rings. The lowest BCUT2D eigenvalue weighted by Gasteiger charge is -2.34. The van der Waals surface area contributed by atoms with E-state index in [-0.39, 0.29) is 24.3 Å². The molecule has 1 aliphatic heterocycles. The van der Waals surface area contributed by atoms with Gasteiger partial charge < -0.3 is 19.5 Å². The van der Waals surface area contributed by atoms with Crippen LogP contribution in [-0.2, 0) is 9.59 Å². The van der Waals surface area contributed by atoms with Crippen molar-refractivity contribution in [3.8, 4) is 11.5 Å². The van der Waals surface area contributed by atoms with Gasteiger partial charge in [-0.05, 0) is 31.4 Å². The highest BCUT2D eigenvalue weighted by atomic mass is 16.5. The Morgan fingerprint density at radius 3 is 2.48 bits per heavy atom. The fraction of sp³-hybridized carbons (Fsp3) is 0.529. The van der Waals surface area contributed by atoms with Crippen LogP contribution in [0.1, 0.15) is 20.3 Å². The van der Waals surface area contributed by atoms with Gasteiger partial charge in [0.2, 0.25) is 0 Å². The van der Waals surface area contributed by atoms with Crippen LogP contribution in [0.3, 0.4) is 0 Å². The van der Waals surface area contributed by atoms with Gasteiger partial charge in [-0.25, -0.2) is 0 Å². The molecule has 6 heteroatoms. The first kappa shape index (κ1) is 17.1. The number of ether oxygens (including phenoxy) is 2. The van der Waals surface area contributed by atoms with Gasteiger partial charge in [0.15, 0.2) is 18.1 Å². The molecule has 126 valence electrons. The number of benzene rings is 1. The van der Waals surface area contributed by atoms with Gasteiger partial charge in [0.05, 0.1) is 12.5 Å². The Morgan fingerprint density at radius 1 is 1.26 bits per heavy atom. The number of aliphatic carboxylic acids is 1. The van der Waals surface area contributed by atoms with E-state index in [0.717, 1.165) is 0 Å². The molecule has 0 aromatic heterocycles. The molecule has 0 radical (unpaired) electrons. The average molecular weight is 321 g/mol. The topological polar surface area (TPSA) is 76.1 Å². The van der Waals surface area contributed by atoms with Gasteiger partial charge in [-0.1, -0.05) is 19.1 Å². The number of carboxylic acid groups (broad SMARTS) is 1. The van der Waals surface area contributed by atoms with E-state index in [0.29, 0.717) is 37.6 Å². The number of carbonyl (C=O) groups excluding carboxylic acids is 1. The largest absolute Gasteiger partial charge is 0.490 e. The molecule has 1 aromatic carbocycles. The Labute approximate surface area is 136 Å². The molecule has 6 nitrogen and oxygen atoms in total. The zero-order chi connectivity index (χ0) is 16.8. The van der Waals surface area contributed by atoms with Gasteiger partial charge in [0, 0.05) is 13.1 Å². The highest BCUT2D eigenvalue weighted by molar-refractivity contribution is 5.78. The smallest absolute Gasteiger partial charge is 0.306 e. The number of carboxylic acids is 1. The van der Waals surface area contributed by atoms with Crippen molar-refractivity contribution in [2.75, 3.05) is 26.3 Å². The lowest BCUT2D eigenvalue weighted by molar-refractivity contribution is -0.148. The molecule has 1 heterocycles. The fourth-order valence-corrected chi connectivity index (χ4v) is 2.81. The van der Waals surface area contributed by atoms with E-state index in [9.17, 15) is 9.59 Å². The normalized spacial score (nSPS) is 20.9. The Hall–Kier alpha value is -2.24. The van der Waals surface area contributed by atoms with Crippen LogP contribution >= 0.6 is 0 Å². The molecule has 2 unspecified atom stereocenters. The lowest BCUT2D eigenvalue weighted by atomic mass is 9.87. The molecular weight excluding hydrogens is 298 g/mol. The molecule has 23 heavy (non-hydrogen) atoms. The monoisotopic (exact) mass is 321 g/mol. The van der Waals surface area contributed by atoms with Crippen LogP contribution in [0.5, 0.6) is 11.5 Å². The summed E-state index contributed by atoms with van der Waals surface area (Å²) in [5.41, 5.74) is 0. The van der Waals surface area contributed by atoms with Crippen molar-refractivity contribution < 1.29 is 24.2 Å². The second-order valence-corrected chi connectivity index (χ2v) is 5.72. The van der Waals surface area contributed by atoms with Crippen molar-refractivity contribution in [3.63, 3.8) is 0 Å². The van der Waals surface area contributed by atoms with E-state index in [4.69, 9.17) is 14.6 Å². The van der Waals surface area contributed by atoms with E-state index < -0.39 is 5.97 Å². The first-order valence-corrected chi connectivity index (χ1v) is 7.88. The predicted molar refractivity (Wildman–Crippen MR) is 84.6 cm³/mol. The van der Waals surface area contributed by atoms with E-state index in [2.05, 4.69) is 0 Å². The third kappa shape index (κ3) is 4.37. The minimum atomic E-state index is -0.786. The average Bonchev–Trinajstić information content (AvgIpc) is 2.53. The Morgan fingerprint density at radius 2 is 1.91 bits per heavy atom. The number of piperidine rings is 1. The lowest BCUT2D eigenvalue weighted by Crippen LogP contribution is -2.46. The summed E-state index contributed by atoms with van der Waals surface area (Å²) >= 11 is 0. The van der Waals surface area contributed by atoms with Crippen LogP contribution in [0.25, 0.3) is 0 Å². The number of para-hydroxylation sites is 2. The minimum absolute atomic E-state index is 0.0547. The van der Waals surface area contributed by atoms with E-state index in [1.807, 2.05) is 26.0 Å². The van der Waals surface area contributed by atoms with Crippen LogP contribution in [0.2, 0.25) is 0 Å². The van der Waals surface area contributed by atoms with Gasteiger partial charge in [-0.2, -0.15) is 0 Å². The third-order valence-corrected chi connectivity index (χ3v) is 4.08. The van der Waals surface area contributed by atoms with E-state index in [1.165, 1.54) is 0 Å². The fourth-order valence-electron chi connectivity index (χ4n) is 2.81. The Balaban J connectivity index is 1.90. The summed E-state index contributed by atoms with van der Waals surface area (Å²) in [5, 5.41) is 9.12. The second kappa shape index (κ2) is 7.85. The maximum Gasteiger partial charge on any atom is 0.306 e. The zero-order valence-electron chi connectivity index (χ0n) is 13.5. The minimum Gasteiger partial charge on any atom is -0.490 e. The van der Waals surface area contributed by atoms with Crippen LogP contribution < -0.4 is 9.47 Å². The van der Waals surface area contributed by atoms with E-state index in [1.54, 1.807) is 17.0 Å². The predicted octanol–water partition coefficient (Wildman–Crippen LogP) is 2.03. The first-order chi connectivity index (χ1) is 11.0. The Bertz CT molecular complexity index is 560. The summed E-state index contributed by atoms with van der Waals surface area (Å²) in [4.78, 5) is 25.1. The van der Waals surface area contributed by atoms with Gasteiger partial charge >= 0.3 is 5.97 Å². The van der Waals surface area contributed by atoms with E-state index >= 15 is 0 Å². The highest BCUT2D eigenvalue weighted by Gasteiger charge is 2.33. The molecule has 1 saturated heterocycles. The Kier molecular flexibility index (Phi) is 5.84. The maximum atomic E-state index is 12.3. The van der Waals surface area contributed by atoms with Crippen molar-refractivity contribution in [2.24, 2.45) is 11.8 Å². The molecule has 1 fully saturated rings. The maximum absolute atomic E-state index is 12.3. The van der Waals surface area contributed by atoms with Crippen molar-refractivity contribution in [1.82, 2.24) is 4.90 Å². The SMILES string of the molecule is CCOc1ccccc1OCC(=O)N1CCC(C(=O)O)C(C)C1. The standard InChI is InChI=1S/C17H23NO5/c1-3-22-14-6-4-5-7-15(14)23-11-16(19)18-9-8-13(17(20)21)12(2)10-18/h4-7,12-13H,3,8-11H2,1-2H3,(H,20,21). The molecule has 1 aliphatic rings. The molecule has 0 aliphatic carbocycles. The number of likely N-dealkylation sites (tertiary alicyclic amines) is 1. The van der Waals surface area contributed by atoms with Gasteiger partial charge in [-0.15, -0.1) is 0 Å². The van der Waals surface area contributed by atoms with Crippen LogP contribution in [0.4, 0.5) is 0 Å². The second-order valence-electron chi connectivity index (χ2n) is 5.72. The molecule has 1 N–H and O–H groups in total. The van der Waals surface area contributed by atoms with Crippen molar-refractivity contribution >= 4 is 11.9 Å². The van der Waals surface area contributed by atoms with Crippen molar-refractivity contribution in [2.45, 2.75) is 20.3 Å². The first-order valence-electron chi connectivity index (χ1n) is 7.88. The van der Waals surface area contributed by atoms with Crippen molar-refractivity contribution in [3.05, 3.63) is 24.3 Å². The summed E-state index contributed by atoms with van der Waals surface area (Å²) in [6, 6.07) is 7.22. The third-order valence-electron chi connectivity index (χ3n) is 4.08. The summed E-state index contributed by atoms with van der Waals surface area (Å²) < 4.78 is 11.0. The number of nitrogens with zero attached hydrogens (tertiary/aromatic N) is 1. The molecule has 0 bridgehead atoms. The molecular formula is C17H23NO5. The highest BCUT2D eigenvalue weighted by Crippen LogP contribution is 2.27. The summed E-state index contributed by atoms with van der Waals surface area (Å²) in [5.74, 6) is -0.199.